The van der Waals surface area contributed by atoms with Crippen LogP contribution in [0.25, 0.3) is 27.9 Å². The molecule has 12 nitrogen and oxygen atoms in total. The quantitative estimate of drug-likeness (QED) is 0.165. The van der Waals surface area contributed by atoms with Crippen LogP contribution in [0.4, 0.5) is 10.6 Å². The number of amides is 1. The number of aliphatic imine (C=N–C) groups is 1. The number of halogens is 1. The molecule has 0 aliphatic carbocycles. The van der Waals surface area contributed by atoms with Gasteiger partial charge in [0.25, 0.3) is 0 Å². The van der Waals surface area contributed by atoms with Crippen LogP contribution in [-0.4, -0.2) is 84.2 Å². The highest BCUT2D eigenvalue weighted by Crippen LogP contribution is 2.37. The van der Waals surface area contributed by atoms with E-state index in [1.807, 2.05) is 68.7 Å². The van der Waals surface area contributed by atoms with Crippen LogP contribution >= 0.6 is 11.6 Å². The Morgan fingerprint density at radius 3 is 2.73 bits per heavy atom. The number of rotatable bonds is 6. The van der Waals surface area contributed by atoms with E-state index in [4.69, 9.17) is 21.1 Å². The molecule has 0 saturated heterocycles. The number of aromatic nitrogens is 6. The summed E-state index contributed by atoms with van der Waals surface area (Å²) >= 11 is 6.75. The largest absolute Gasteiger partial charge is 0.456 e. The topological polar surface area (TPSA) is 115 Å². The Morgan fingerprint density at radius 2 is 1.95 bits per heavy atom. The van der Waals surface area contributed by atoms with Crippen molar-refractivity contribution >= 4 is 52.1 Å². The third-order valence-corrected chi connectivity index (χ3v) is 7.09. The van der Waals surface area contributed by atoms with Crippen molar-refractivity contribution in [2.75, 3.05) is 27.2 Å². The molecule has 1 amide bonds. The molecule has 0 saturated carbocycles. The van der Waals surface area contributed by atoms with Gasteiger partial charge in [0.2, 0.25) is 0 Å². The molecule has 0 fully saturated rings. The minimum absolute atomic E-state index is 0.348. The maximum Gasteiger partial charge on any atom is 0.410 e. The first-order chi connectivity index (χ1) is 21.1. The maximum absolute atomic E-state index is 13.0. The fourth-order valence-corrected chi connectivity index (χ4v) is 5.10. The van der Waals surface area contributed by atoms with Crippen molar-refractivity contribution in [2.24, 2.45) is 4.99 Å². The van der Waals surface area contributed by atoms with Crippen LogP contribution in [0.15, 0.2) is 66.4 Å². The first-order valence-electron chi connectivity index (χ1n) is 14.1. The smallest absolute Gasteiger partial charge is 0.410 e. The second kappa shape index (κ2) is 11.6. The Morgan fingerprint density at radius 1 is 1.11 bits per heavy atom. The zero-order valence-electron chi connectivity index (χ0n) is 25.1. The standard InChI is InChI=1S/C31H32ClN9O3/c1-31(2,3)44-30(42)39-11-6-7-20(15-39)23-16-40(29-27(23)28(34-17-35-29)36-19-38(4)5)21-8-9-25(24(32)13-21)43-22-10-12-41-26(14-22)33-18-37-41/h7-10,12-14,16-19H,6,11,15H2,1-5H3. The van der Waals surface area contributed by atoms with Crippen LogP contribution in [0, 0.1) is 0 Å². The summed E-state index contributed by atoms with van der Waals surface area (Å²) in [5.74, 6) is 1.59. The number of carbonyl (C=O) groups is 1. The highest BCUT2D eigenvalue weighted by atomic mass is 35.5. The van der Waals surface area contributed by atoms with E-state index in [1.165, 1.54) is 12.7 Å². The highest BCUT2D eigenvalue weighted by molar-refractivity contribution is 6.32. The molecule has 44 heavy (non-hydrogen) atoms. The van der Waals surface area contributed by atoms with Gasteiger partial charge in [-0.25, -0.2) is 29.3 Å². The lowest BCUT2D eigenvalue weighted by Crippen LogP contribution is -2.39. The number of ether oxygens (including phenoxy) is 2. The van der Waals surface area contributed by atoms with Crippen molar-refractivity contribution < 1.29 is 14.3 Å². The molecule has 5 aromatic rings. The molecule has 0 radical (unpaired) electrons. The van der Waals surface area contributed by atoms with Gasteiger partial charge in [0.15, 0.2) is 17.1 Å². The van der Waals surface area contributed by atoms with Gasteiger partial charge in [-0.15, -0.1) is 0 Å². The van der Waals surface area contributed by atoms with E-state index in [0.717, 1.165) is 22.2 Å². The first-order valence-corrected chi connectivity index (χ1v) is 14.4. The predicted octanol–water partition coefficient (Wildman–Crippen LogP) is 6.15. The van der Waals surface area contributed by atoms with Gasteiger partial charge >= 0.3 is 6.09 Å². The number of hydrogen-bond donors (Lipinski definition) is 0. The van der Waals surface area contributed by atoms with Gasteiger partial charge in [0, 0.05) is 56.9 Å². The summed E-state index contributed by atoms with van der Waals surface area (Å²) in [6.07, 6.45) is 10.9. The predicted molar refractivity (Wildman–Crippen MR) is 169 cm³/mol. The fourth-order valence-electron chi connectivity index (χ4n) is 4.88. The van der Waals surface area contributed by atoms with Gasteiger partial charge < -0.3 is 23.8 Å². The van der Waals surface area contributed by atoms with E-state index in [-0.39, 0.29) is 6.09 Å². The molecule has 1 aliphatic rings. The van der Waals surface area contributed by atoms with Gasteiger partial charge in [-0.1, -0.05) is 17.7 Å². The van der Waals surface area contributed by atoms with Crippen LogP contribution in [-0.2, 0) is 4.74 Å². The number of hydrogen-bond acceptors (Lipinski definition) is 8. The lowest BCUT2D eigenvalue weighted by Gasteiger charge is -2.30. The monoisotopic (exact) mass is 613 g/mol. The lowest BCUT2D eigenvalue weighted by molar-refractivity contribution is 0.0273. The molecule has 4 aromatic heterocycles. The summed E-state index contributed by atoms with van der Waals surface area (Å²) in [5, 5.41) is 5.29. The minimum Gasteiger partial charge on any atom is -0.456 e. The van der Waals surface area contributed by atoms with Crippen molar-refractivity contribution in [3.05, 3.63) is 72.0 Å². The van der Waals surface area contributed by atoms with Crippen LogP contribution in [0.1, 0.15) is 32.8 Å². The second-order valence-electron chi connectivity index (χ2n) is 11.6. The molecule has 0 N–H and O–H groups in total. The van der Waals surface area contributed by atoms with E-state index in [9.17, 15) is 4.79 Å². The molecular weight excluding hydrogens is 582 g/mol. The Kier molecular flexibility index (Phi) is 7.68. The number of benzene rings is 1. The average molecular weight is 614 g/mol. The molecular formula is C31H32ClN9O3. The number of carbonyl (C=O) groups excluding carboxylic acids is 1. The molecule has 0 spiro atoms. The van der Waals surface area contributed by atoms with Crippen molar-refractivity contribution in [2.45, 2.75) is 32.8 Å². The van der Waals surface area contributed by atoms with Gasteiger partial charge in [-0.3, -0.25) is 0 Å². The fraction of sp³-hybridized carbons (Fsp3) is 0.290. The third kappa shape index (κ3) is 6.06. The van der Waals surface area contributed by atoms with Gasteiger partial charge in [0.05, 0.1) is 16.7 Å². The summed E-state index contributed by atoms with van der Waals surface area (Å²) in [6.45, 7) is 6.54. The molecule has 5 heterocycles. The van der Waals surface area contributed by atoms with Crippen molar-refractivity contribution in [3.63, 3.8) is 0 Å². The van der Waals surface area contributed by atoms with E-state index in [0.29, 0.717) is 53.1 Å². The molecule has 0 bridgehead atoms. The van der Waals surface area contributed by atoms with Gasteiger partial charge in [-0.2, -0.15) is 5.10 Å². The van der Waals surface area contributed by atoms with Crippen LogP contribution < -0.4 is 4.74 Å². The normalized spacial score (nSPS) is 14.0. The molecule has 1 aromatic carbocycles. The first kappa shape index (κ1) is 29.1. The van der Waals surface area contributed by atoms with Crippen LogP contribution in [0.2, 0.25) is 5.02 Å². The summed E-state index contributed by atoms with van der Waals surface area (Å²) < 4.78 is 15.3. The molecule has 13 heteroatoms. The van der Waals surface area contributed by atoms with E-state index in [2.05, 4.69) is 31.1 Å². The average Bonchev–Trinajstić information content (AvgIpc) is 3.61. The lowest BCUT2D eigenvalue weighted by atomic mass is 10.0. The van der Waals surface area contributed by atoms with Crippen LogP contribution in [0.5, 0.6) is 11.5 Å². The maximum atomic E-state index is 13.0. The van der Waals surface area contributed by atoms with E-state index >= 15 is 0 Å². The zero-order valence-corrected chi connectivity index (χ0v) is 25.9. The van der Waals surface area contributed by atoms with Crippen LogP contribution in [0.3, 0.4) is 0 Å². The molecule has 1 aliphatic heterocycles. The summed E-state index contributed by atoms with van der Waals surface area (Å²) in [6, 6.07) is 9.13. The van der Waals surface area contributed by atoms with Crippen molar-refractivity contribution in [1.82, 2.24) is 38.9 Å². The molecule has 0 unspecified atom stereocenters. The number of fused-ring (bicyclic) bond motifs is 2. The third-order valence-electron chi connectivity index (χ3n) is 6.80. The van der Waals surface area contributed by atoms with E-state index in [1.54, 1.807) is 34.1 Å². The summed E-state index contributed by atoms with van der Waals surface area (Å²) in [7, 11) is 3.79. The second-order valence-corrected chi connectivity index (χ2v) is 12.0. The minimum atomic E-state index is -0.589. The Bertz CT molecular complexity index is 1920. The molecule has 226 valence electrons. The Hall–Kier alpha value is -4.97. The summed E-state index contributed by atoms with van der Waals surface area (Å²) in [4.78, 5) is 34.5. The SMILES string of the molecule is CN(C)C=Nc1ncnc2c1c(C1=CCCN(C(=O)OC(C)(C)C)C1)cn2-c1ccc(Oc2ccn3ncnc3c2)c(Cl)c1. The number of nitrogens with zero attached hydrogens (tertiary/aromatic N) is 9. The van der Waals surface area contributed by atoms with Crippen molar-refractivity contribution in [3.8, 4) is 17.2 Å². The van der Waals surface area contributed by atoms with Crippen molar-refractivity contribution in [1.29, 1.82) is 0 Å². The highest BCUT2D eigenvalue weighted by Gasteiger charge is 2.27. The van der Waals surface area contributed by atoms with Gasteiger partial charge in [0.1, 0.15) is 29.8 Å². The van der Waals surface area contributed by atoms with Gasteiger partial charge in [-0.05, 0) is 57.0 Å². The zero-order chi connectivity index (χ0) is 31.0. The number of pyridine rings is 1. The van der Waals surface area contributed by atoms with E-state index < -0.39 is 5.60 Å². The summed E-state index contributed by atoms with van der Waals surface area (Å²) in [5.41, 5.74) is 3.33. The molecule has 6 rings (SSSR count). The Labute approximate surface area is 259 Å². The molecule has 0 atom stereocenters. The Balaban J connectivity index is 1.39.